The minimum Gasteiger partial charge on any atom is -0.444 e. The summed E-state index contributed by atoms with van der Waals surface area (Å²) in [5.74, 6) is -0.541. The normalized spacial score (nSPS) is 19.7. The maximum atomic E-state index is 12.3. The Balaban J connectivity index is 1.62. The van der Waals surface area contributed by atoms with E-state index < -0.39 is 11.6 Å². The van der Waals surface area contributed by atoms with Crippen LogP contribution in [0.15, 0.2) is 18.2 Å². The Bertz CT molecular complexity index is 887. The average Bonchev–Trinajstić information content (AvgIpc) is 2.72. The highest BCUT2D eigenvalue weighted by Gasteiger charge is 2.30. The van der Waals surface area contributed by atoms with Gasteiger partial charge in [0, 0.05) is 50.4 Å². The number of carbonyl (C=O) groups excluding carboxylic acids is 4. The molecule has 0 aromatic heterocycles. The standard InChI is InChI=1S/C23H32N4O5/c1-23(2,3)32-22(31)27-11-9-26(10-12-27)18-6-5-16(17(13-18)15-28)14-25(4)19-7-8-20(29)24-21(19)30/h5-6,13,15,19H,7-12,14H2,1-4H3,(H,24,29,30). The maximum absolute atomic E-state index is 12.3. The third kappa shape index (κ3) is 5.85. The second kappa shape index (κ2) is 9.68. The molecule has 2 fully saturated rings. The van der Waals surface area contributed by atoms with E-state index in [1.54, 1.807) is 4.90 Å². The molecule has 2 aliphatic heterocycles. The molecule has 1 aromatic rings. The van der Waals surface area contributed by atoms with Crippen LogP contribution >= 0.6 is 0 Å². The first-order chi connectivity index (χ1) is 15.1. The fourth-order valence-electron chi connectivity index (χ4n) is 3.99. The lowest BCUT2D eigenvalue weighted by atomic mass is 10.0. The van der Waals surface area contributed by atoms with Crippen LogP contribution in [-0.2, 0) is 20.9 Å². The number of nitrogens with zero attached hydrogens (tertiary/aromatic N) is 3. The zero-order chi connectivity index (χ0) is 23.5. The second-order valence-electron chi connectivity index (χ2n) is 9.34. The number of piperidine rings is 1. The lowest BCUT2D eigenvalue weighted by molar-refractivity contribution is -0.137. The Labute approximate surface area is 188 Å². The Morgan fingerprint density at radius 3 is 2.50 bits per heavy atom. The van der Waals surface area contributed by atoms with E-state index >= 15 is 0 Å². The van der Waals surface area contributed by atoms with Gasteiger partial charge >= 0.3 is 6.09 Å². The van der Waals surface area contributed by atoms with E-state index in [1.165, 1.54) is 0 Å². The number of likely N-dealkylation sites (N-methyl/N-ethyl adjacent to an activating group) is 1. The third-order valence-corrected chi connectivity index (χ3v) is 5.71. The molecular weight excluding hydrogens is 412 g/mol. The molecule has 2 heterocycles. The molecule has 2 aliphatic rings. The van der Waals surface area contributed by atoms with E-state index in [2.05, 4.69) is 10.2 Å². The molecule has 174 valence electrons. The molecule has 0 aliphatic carbocycles. The van der Waals surface area contributed by atoms with Crippen molar-refractivity contribution < 1.29 is 23.9 Å². The van der Waals surface area contributed by atoms with Gasteiger partial charge in [0.25, 0.3) is 0 Å². The van der Waals surface area contributed by atoms with Crippen molar-refractivity contribution in [3.05, 3.63) is 29.3 Å². The van der Waals surface area contributed by atoms with E-state index in [9.17, 15) is 19.2 Å². The number of amides is 3. The molecule has 1 atom stereocenters. The van der Waals surface area contributed by atoms with Crippen molar-refractivity contribution in [3.63, 3.8) is 0 Å². The quantitative estimate of drug-likeness (QED) is 0.546. The van der Waals surface area contributed by atoms with E-state index in [0.29, 0.717) is 51.1 Å². The minimum atomic E-state index is -0.524. The Morgan fingerprint density at radius 1 is 1.22 bits per heavy atom. The van der Waals surface area contributed by atoms with E-state index in [0.717, 1.165) is 17.5 Å². The molecule has 0 bridgehead atoms. The highest BCUT2D eigenvalue weighted by molar-refractivity contribution is 6.00. The Hall–Kier alpha value is -2.94. The van der Waals surface area contributed by atoms with Gasteiger partial charge in [0.15, 0.2) is 0 Å². The fraction of sp³-hybridized carbons (Fsp3) is 0.565. The van der Waals surface area contributed by atoms with E-state index in [-0.39, 0.29) is 17.9 Å². The topological polar surface area (TPSA) is 99.3 Å². The molecule has 3 amide bonds. The molecule has 0 saturated carbocycles. The smallest absolute Gasteiger partial charge is 0.410 e. The number of rotatable bonds is 5. The molecule has 1 aromatic carbocycles. The third-order valence-electron chi connectivity index (χ3n) is 5.71. The van der Waals surface area contributed by atoms with Gasteiger partial charge in [0.1, 0.15) is 11.9 Å². The van der Waals surface area contributed by atoms with Crippen molar-refractivity contribution in [1.82, 2.24) is 15.1 Å². The van der Waals surface area contributed by atoms with Gasteiger partial charge in [-0.2, -0.15) is 0 Å². The summed E-state index contributed by atoms with van der Waals surface area (Å²) in [6.45, 7) is 8.35. The average molecular weight is 445 g/mol. The van der Waals surface area contributed by atoms with Crippen LogP contribution in [0.1, 0.15) is 49.5 Å². The predicted molar refractivity (Wildman–Crippen MR) is 119 cm³/mol. The zero-order valence-electron chi connectivity index (χ0n) is 19.2. The van der Waals surface area contributed by atoms with Crippen LogP contribution in [0.5, 0.6) is 0 Å². The Morgan fingerprint density at radius 2 is 1.91 bits per heavy atom. The number of anilines is 1. The van der Waals surface area contributed by atoms with E-state index in [4.69, 9.17) is 4.74 Å². The molecule has 2 saturated heterocycles. The monoisotopic (exact) mass is 444 g/mol. The van der Waals surface area contributed by atoms with Crippen molar-refractivity contribution in [2.24, 2.45) is 0 Å². The number of hydrogen-bond acceptors (Lipinski definition) is 7. The number of aldehydes is 1. The number of imide groups is 1. The molecule has 9 nitrogen and oxygen atoms in total. The first-order valence-electron chi connectivity index (χ1n) is 10.9. The molecule has 9 heteroatoms. The molecule has 32 heavy (non-hydrogen) atoms. The summed E-state index contributed by atoms with van der Waals surface area (Å²) in [6.07, 6.45) is 1.30. The first kappa shape index (κ1) is 23.7. The molecule has 3 rings (SSSR count). The van der Waals surface area contributed by atoms with Crippen LogP contribution in [0.2, 0.25) is 0 Å². The highest BCUT2D eigenvalue weighted by atomic mass is 16.6. The number of piperazine rings is 1. The highest BCUT2D eigenvalue weighted by Crippen LogP contribution is 2.23. The van der Waals surface area contributed by atoms with Crippen molar-refractivity contribution in [2.75, 3.05) is 38.1 Å². The molecule has 0 spiro atoms. The van der Waals surface area contributed by atoms with Crippen molar-refractivity contribution >= 4 is 29.9 Å². The molecular formula is C23H32N4O5. The van der Waals surface area contributed by atoms with Gasteiger partial charge in [0.2, 0.25) is 11.8 Å². The van der Waals surface area contributed by atoms with Gasteiger partial charge in [-0.1, -0.05) is 6.07 Å². The largest absolute Gasteiger partial charge is 0.444 e. The number of ether oxygens (including phenoxy) is 1. The zero-order valence-corrected chi connectivity index (χ0v) is 19.2. The lowest BCUT2D eigenvalue weighted by Crippen LogP contribution is -2.51. The predicted octanol–water partition coefficient (Wildman–Crippen LogP) is 1.79. The second-order valence-corrected chi connectivity index (χ2v) is 9.34. The van der Waals surface area contributed by atoms with Gasteiger partial charge < -0.3 is 14.5 Å². The van der Waals surface area contributed by atoms with Gasteiger partial charge in [-0.15, -0.1) is 0 Å². The summed E-state index contributed by atoms with van der Waals surface area (Å²) >= 11 is 0. The molecule has 1 unspecified atom stereocenters. The van der Waals surface area contributed by atoms with Crippen LogP contribution in [0.4, 0.5) is 10.5 Å². The first-order valence-corrected chi connectivity index (χ1v) is 10.9. The lowest BCUT2D eigenvalue weighted by Gasteiger charge is -2.37. The van der Waals surface area contributed by atoms with Crippen molar-refractivity contribution in [3.8, 4) is 0 Å². The van der Waals surface area contributed by atoms with Gasteiger partial charge in [-0.05, 0) is 51.9 Å². The minimum absolute atomic E-state index is 0.246. The Kier molecular flexibility index (Phi) is 7.18. The number of hydrogen-bond donors (Lipinski definition) is 1. The van der Waals surface area contributed by atoms with Crippen LogP contribution in [0.3, 0.4) is 0 Å². The van der Waals surface area contributed by atoms with Gasteiger partial charge in [0.05, 0.1) is 6.04 Å². The molecule has 1 N–H and O–H groups in total. The van der Waals surface area contributed by atoms with Gasteiger partial charge in [-0.3, -0.25) is 24.6 Å². The van der Waals surface area contributed by atoms with Crippen LogP contribution in [0.25, 0.3) is 0 Å². The SMILES string of the molecule is CN(Cc1ccc(N2CCN(C(=O)OC(C)(C)C)CC2)cc1C=O)C1CCC(=O)NC1=O. The van der Waals surface area contributed by atoms with Crippen LogP contribution < -0.4 is 10.2 Å². The summed E-state index contributed by atoms with van der Waals surface area (Å²) in [5.41, 5.74) is 1.78. The fourth-order valence-corrected chi connectivity index (χ4v) is 3.99. The number of carbonyl (C=O) groups is 4. The van der Waals surface area contributed by atoms with Crippen molar-refractivity contribution in [2.45, 2.75) is 51.8 Å². The van der Waals surface area contributed by atoms with Crippen LogP contribution in [0, 0.1) is 0 Å². The number of benzene rings is 1. The van der Waals surface area contributed by atoms with E-state index in [1.807, 2.05) is 50.9 Å². The maximum Gasteiger partial charge on any atom is 0.410 e. The summed E-state index contributed by atoms with van der Waals surface area (Å²) in [6, 6.07) is 5.32. The van der Waals surface area contributed by atoms with Gasteiger partial charge in [-0.25, -0.2) is 4.79 Å². The van der Waals surface area contributed by atoms with Crippen LogP contribution in [-0.4, -0.2) is 78.9 Å². The summed E-state index contributed by atoms with van der Waals surface area (Å²) in [5, 5.41) is 2.37. The summed E-state index contributed by atoms with van der Waals surface area (Å²) < 4.78 is 5.44. The van der Waals surface area contributed by atoms with Crippen molar-refractivity contribution in [1.29, 1.82) is 0 Å². The summed E-state index contributed by atoms with van der Waals surface area (Å²) in [7, 11) is 1.82. The number of nitrogens with one attached hydrogen (secondary N) is 1. The molecule has 0 radical (unpaired) electrons. The summed E-state index contributed by atoms with van der Waals surface area (Å²) in [4.78, 5) is 53.2.